The van der Waals surface area contributed by atoms with Crippen LogP contribution >= 0.6 is 11.3 Å². The van der Waals surface area contributed by atoms with Crippen molar-refractivity contribution in [2.24, 2.45) is 0 Å². The van der Waals surface area contributed by atoms with Crippen LogP contribution in [0, 0.1) is 0 Å². The molecule has 0 saturated carbocycles. The molecule has 0 fully saturated rings. The third kappa shape index (κ3) is 4.76. The van der Waals surface area contributed by atoms with Crippen molar-refractivity contribution >= 4 is 104 Å². The molecule has 272 valence electrons. The van der Waals surface area contributed by atoms with E-state index in [1.165, 1.54) is 90.2 Å². The molecule has 3 aromatic heterocycles. The van der Waals surface area contributed by atoms with Gasteiger partial charge in [0.1, 0.15) is 0 Å². The van der Waals surface area contributed by atoms with Crippen molar-refractivity contribution in [1.82, 2.24) is 9.13 Å². The number of hydrogen-bond acceptors (Lipinski definition) is 1. The van der Waals surface area contributed by atoms with Crippen molar-refractivity contribution in [3.8, 4) is 11.4 Å². The zero-order valence-corrected chi connectivity index (χ0v) is 33.4. The second-order valence-electron chi connectivity index (χ2n) is 15.2. The Morgan fingerprint density at radius 3 is 1.48 bits per heavy atom. The van der Waals surface area contributed by atoms with Crippen LogP contribution < -0.4 is 20.7 Å². The lowest BCUT2D eigenvalue weighted by molar-refractivity contribution is 1.17. The molecular formula is C54H36N2SSi. The van der Waals surface area contributed by atoms with Crippen molar-refractivity contribution in [2.45, 2.75) is 0 Å². The van der Waals surface area contributed by atoms with Gasteiger partial charge in [0.2, 0.25) is 0 Å². The van der Waals surface area contributed by atoms with E-state index >= 15 is 0 Å². The minimum Gasteiger partial charge on any atom is -0.309 e. The predicted octanol–water partition coefficient (Wildman–Crippen LogP) is 11.6. The third-order valence-corrected chi connectivity index (χ3v) is 18.2. The fourth-order valence-corrected chi connectivity index (χ4v) is 16.1. The first-order chi connectivity index (χ1) is 28.8. The molecule has 0 aliphatic rings. The SMILES string of the molecule is c1ccc(-n2c3ccccc3c3cc(-n4c5ccccc5c5cc([Si](c6ccccc6)(c6ccccc6)c6cccc7sc8ccccc8c67)ccc54)ccc32)cc1. The highest BCUT2D eigenvalue weighted by molar-refractivity contribution is 7.27. The molecule has 3 heterocycles. The second kappa shape index (κ2) is 13.0. The van der Waals surface area contributed by atoms with Gasteiger partial charge in [0.15, 0.2) is 8.07 Å². The Bertz CT molecular complexity index is 3470. The number of benzene rings is 9. The Morgan fingerprint density at radius 1 is 0.310 bits per heavy atom. The lowest BCUT2D eigenvalue weighted by Gasteiger charge is -2.35. The molecule has 0 radical (unpaired) electrons. The summed E-state index contributed by atoms with van der Waals surface area (Å²) in [5, 5.41) is 13.3. The number of thiophene rings is 1. The summed E-state index contributed by atoms with van der Waals surface area (Å²) in [5.74, 6) is 0. The van der Waals surface area contributed by atoms with E-state index in [2.05, 4.69) is 228 Å². The minimum absolute atomic E-state index is 1.16. The summed E-state index contributed by atoms with van der Waals surface area (Å²) in [7, 11) is -2.92. The van der Waals surface area contributed by atoms with Gasteiger partial charge in [0, 0.05) is 53.1 Å². The molecule has 0 bridgehead atoms. The van der Waals surface area contributed by atoms with E-state index in [4.69, 9.17) is 0 Å². The number of rotatable bonds is 6. The monoisotopic (exact) mass is 772 g/mol. The number of para-hydroxylation sites is 3. The molecule has 0 aliphatic carbocycles. The fraction of sp³-hybridized carbons (Fsp3) is 0. The van der Waals surface area contributed by atoms with Crippen molar-refractivity contribution in [1.29, 1.82) is 0 Å². The van der Waals surface area contributed by atoms with Crippen molar-refractivity contribution in [2.75, 3.05) is 0 Å². The smallest absolute Gasteiger partial charge is 0.180 e. The first-order valence-electron chi connectivity index (χ1n) is 19.9. The zero-order chi connectivity index (χ0) is 38.2. The lowest BCUT2D eigenvalue weighted by Crippen LogP contribution is -2.74. The standard InChI is InChI=1S/C54H36N2SSi/c1-4-17-37(18-5-1)55-47-26-13-10-23-42(47)45-35-38(31-33-49(45)55)56-48-27-14-11-24-43(48)46-36-41(32-34-50(46)56)58(39-19-6-2-7-20-39,40-21-8-3-9-22-40)53-30-16-29-52-54(53)44-25-12-15-28-51(44)57-52/h1-36H. The van der Waals surface area contributed by atoms with Gasteiger partial charge in [-0.15, -0.1) is 11.3 Å². The molecular weight excluding hydrogens is 737 g/mol. The summed E-state index contributed by atoms with van der Waals surface area (Å²) in [6.45, 7) is 0. The van der Waals surface area contributed by atoms with Gasteiger partial charge in [0.25, 0.3) is 0 Å². The molecule has 0 saturated heterocycles. The van der Waals surface area contributed by atoms with E-state index in [-0.39, 0.29) is 0 Å². The van der Waals surface area contributed by atoms with Crippen molar-refractivity contribution < 1.29 is 0 Å². The Morgan fingerprint density at radius 2 is 0.810 bits per heavy atom. The number of nitrogens with zero attached hydrogens (tertiary/aromatic N) is 2. The minimum atomic E-state index is -2.92. The van der Waals surface area contributed by atoms with E-state index in [9.17, 15) is 0 Å². The molecule has 12 aromatic rings. The average molecular weight is 773 g/mol. The van der Waals surface area contributed by atoms with E-state index in [1.54, 1.807) is 0 Å². The van der Waals surface area contributed by atoms with Gasteiger partial charge in [-0.2, -0.15) is 0 Å². The molecule has 0 aliphatic heterocycles. The van der Waals surface area contributed by atoms with Crippen LogP contribution in [0.3, 0.4) is 0 Å². The molecule has 0 N–H and O–H groups in total. The Hall–Kier alpha value is -6.98. The highest BCUT2D eigenvalue weighted by Gasteiger charge is 2.43. The summed E-state index contributed by atoms with van der Waals surface area (Å²) >= 11 is 1.90. The molecule has 4 heteroatoms. The molecule has 0 spiro atoms. The molecule has 12 rings (SSSR count). The highest BCUT2D eigenvalue weighted by Crippen LogP contribution is 2.38. The topological polar surface area (TPSA) is 9.86 Å². The average Bonchev–Trinajstić information content (AvgIpc) is 3.95. The van der Waals surface area contributed by atoms with Crippen LogP contribution in [0.1, 0.15) is 0 Å². The zero-order valence-electron chi connectivity index (χ0n) is 31.6. The van der Waals surface area contributed by atoms with Crippen molar-refractivity contribution in [3.05, 3.63) is 218 Å². The van der Waals surface area contributed by atoms with Gasteiger partial charge < -0.3 is 9.13 Å². The van der Waals surface area contributed by atoms with E-state index in [0.29, 0.717) is 0 Å². The normalized spacial score (nSPS) is 12.1. The molecule has 0 unspecified atom stereocenters. The first-order valence-corrected chi connectivity index (χ1v) is 22.8. The maximum absolute atomic E-state index is 2.92. The van der Waals surface area contributed by atoms with Crippen LogP contribution in [0.15, 0.2) is 218 Å². The first kappa shape index (κ1) is 33.2. The Labute approximate surface area is 341 Å². The summed E-state index contributed by atoms with van der Waals surface area (Å²) in [6, 6.07) is 81.5. The molecule has 0 atom stereocenters. The van der Waals surface area contributed by atoms with Gasteiger partial charge in [-0.3, -0.25) is 0 Å². The molecule has 58 heavy (non-hydrogen) atoms. The van der Waals surface area contributed by atoms with Gasteiger partial charge >= 0.3 is 0 Å². The second-order valence-corrected chi connectivity index (χ2v) is 20.1. The van der Waals surface area contributed by atoms with Crippen LogP contribution in [0.4, 0.5) is 0 Å². The lowest BCUT2D eigenvalue weighted by atomic mass is 10.1. The summed E-state index contributed by atoms with van der Waals surface area (Å²) in [6.07, 6.45) is 0. The quantitative estimate of drug-likeness (QED) is 0.118. The summed E-state index contributed by atoms with van der Waals surface area (Å²) in [5.41, 5.74) is 7.16. The third-order valence-electron chi connectivity index (χ3n) is 12.3. The van der Waals surface area contributed by atoms with Crippen molar-refractivity contribution in [3.63, 3.8) is 0 Å². The maximum Gasteiger partial charge on any atom is 0.180 e. The van der Waals surface area contributed by atoms with Gasteiger partial charge in [-0.1, -0.05) is 158 Å². The van der Waals surface area contributed by atoms with Crippen LogP contribution in [-0.4, -0.2) is 17.2 Å². The Balaban J connectivity index is 1.16. The number of aromatic nitrogens is 2. The summed E-state index contributed by atoms with van der Waals surface area (Å²) in [4.78, 5) is 0. The highest BCUT2D eigenvalue weighted by atomic mass is 32.1. The molecule has 9 aromatic carbocycles. The molecule has 0 amide bonds. The van der Waals surface area contributed by atoms with Crippen LogP contribution in [-0.2, 0) is 0 Å². The number of hydrogen-bond donors (Lipinski definition) is 0. The van der Waals surface area contributed by atoms with Gasteiger partial charge in [-0.25, -0.2) is 0 Å². The van der Waals surface area contributed by atoms with Crippen LogP contribution in [0.5, 0.6) is 0 Å². The fourth-order valence-electron chi connectivity index (χ4n) is 9.87. The molecule has 2 nitrogen and oxygen atoms in total. The van der Waals surface area contributed by atoms with Gasteiger partial charge in [0.05, 0.1) is 22.1 Å². The predicted molar refractivity (Wildman–Crippen MR) is 252 cm³/mol. The van der Waals surface area contributed by atoms with E-state index in [0.717, 1.165) is 5.69 Å². The Kier molecular flexibility index (Phi) is 7.46. The van der Waals surface area contributed by atoms with Crippen LogP contribution in [0.25, 0.3) is 75.2 Å². The number of fused-ring (bicyclic) bond motifs is 9. The maximum atomic E-state index is 2.55. The van der Waals surface area contributed by atoms with Crippen LogP contribution in [0.2, 0.25) is 0 Å². The van der Waals surface area contributed by atoms with E-state index in [1.807, 2.05) is 11.3 Å². The van der Waals surface area contributed by atoms with E-state index < -0.39 is 8.07 Å². The van der Waals surface area contributed by atoms with Gasteiger partial charge in [-0.05, 0) is 81.4 Å². The largest absolute Gasteiger partial charge is 0.309 e. The summed E-state index contributed by atoms with van der Waals surface area (Å²) < 4.78 is 7.53.